The zero-order chi connectivity index (χ0) is 8.81. The molecule has 1 aliphatic rings. The van der Waals surface area contributed by atoms with Crippen molar-refractivity contribution in [3.05, 3.63) is 6.92 Å². The zero-order valence-corrected chi connectivity index (χ0v) is 7.55. The van der Waals surface area contributed by atoms with Crippen molar-refractivity contribution in [1.82, 2.24) is 0 Å². The fraction of sp³-hybridized carbons (Fsp3) is 0.800. The molecule has 1 saturated carbocycles. The van der Waals surface area contributed by atoms with Crippen molar-refractivity contribution in [3.8, 4) is 0 Å². The highest BCUT2D eigenvalue weighted by Gasteiger charge is 2.15. The molecule has 0 atom stereocenters. The second kappa shape index (κ2) is 5.18. The predicted molar refractivity (Wildman–Crippen MR) is 47.6 cm³/mol. The van der Waals surface area contributed by atoms with Crippen LogP contribution in [0.15, 0.2) is 0 Å². The summed E-state index contributed by atoms with van der Waals surface area (Å²) in [6.07, 6.45) is 7.52. The van der Waals surface area contributed by atoms with E-state index in [1.807, 2.05) is 0 Å². The monoisotopic (exact) mass is 169 g/mol. The highest BCUT2D eigenvalue weighted by atomic mass is 16.5. The van der Waals surface area contributed by atoms with Gasteiger partial charge in [-0.25, -0.2) is 0 Å². The SMILES string of the molecule is [CH2]CC(=O)OC1CCCCCC1. The van der Waals surface area contributed by atoms with Crippen LogP contribution < -0.4 is 0 Å². The standard InChI is InChI=1S/C10H17O2/c1-2-10(11)12-9-7-5-3-4-6-8-9/h9H,1-8H2. The van der Waals surface area contributed by atoms with Crippen molar-refractivity contribution in [3.63, 3.8) is 0 Å². The zero-order valence-electron chi connectivity index (χ0n) is 7.55. The molecule has 0 unspecified atom stereocenters. The van der Waals surface area contributed by atoms with Crippen molar-refractivity contribution in [2.45, 2.75) is 51.0 Å². The van der Waals surface area contributed by atoms with Gasteiger partial charge in [0.05, 0.1) is 0 Å². The first-order chi connectivity index (χ1) is 5.83. The second-order valence-corrected chi connectivity index (χ2v) is 3.35. The minimum Gasteiger partial charge on any atom is -0.462 e. The van der Waals surface area contributed by atoms with Gasteiger partial charge in [-0.2, -0.15) is 0 Å². The minimum absolute atomic E-state index is 0.151. The molecule has 12 heavy (non-hydrogen) atoms. The van der Waals surface area contributed by atoms with Crippen LogP contribution in [0.1, 0.15) is 44.9 Å². The van der Waals surface area contributed by atoms with Gasteiger partial charge in [-0.3, -0.25) is 4.79 Å². The maximum atomic E-state index is 10.9. The lowest BCUT2D eigenvalue weighted by atomic mass is 10.1. The summed E-state index contributed by atoms with van der Waals surface area (Å²) in [6.45, 7) is 3.50. The second-order valence-electron chi connectivity index (χ2n) is 3.35. The van der Waals surface area contributed by atoms with E-state index in [0.717, 1.165) is 12.8 Å². The Bertz CT molecular complexity index is 135. The number of carbonyl (C=O) groups is 1. The Labute approximate surface area is 74.3 Å². The molecule has 0 heterocycles. The Morgan fingerprint density at radius 3 is 2.33 bits per heavy atom. The van der Waals surface area contributed by atoms with Gasteiger partial charge >= 0.3 is 5.97 Å². The van der Waals surface area contributed by atoms with E-state index in [1.165, 1.54) is 25.7 Å². The van der Waals surface area contributed by atoms with E-state index in [0.29, 0.717) is 0 Å². The summed E-state index contributed by atoms with van der Waals surface area (Å²) < 4.78 is 5.22. The van der Waals surface area contributed by atoms with E-state index < -0.39 is 0 Å². The van der Waals surface area contributed by atoms with E-state index in [2.05, 4.69) is 6.92 Å². The molecular formula is C10H17O2. The molecule has 1 fully saturated rings. The van der Waals surface area contributed by atoms with Crippen LogP contribution in [0.2, 0.25) is 0 Å². The van der Waals surface area contributed by atoms with Crippen molar-refractivity contribution < 1.29 is 9.53 Å². The molecule has 69 valence electrons. The van der Waals surface area contributed by atoms with E-state index >= 15 is 0 Å². The number of ether oxygens (including phenoxy) is 1. The van der Waals surface area contributed by atoms with Gasteiger partial charge in [-0.15, -0.1) is 0 Å². The third kappa shape index (κ3) is 3.24. The van der Waals surface area contributed by atoms with Crippen molar-refractivity contribution >= 4 is 5.97 Å². The van der Waals surface area contributed by atoms with Crippen LogP contribution in [0, 0.1) is 6.92 Å². The molecule has 2 heteroatoms. The number of rotatable bonds is 2. The van der Waals surface area contributed by atoms with Crippen LogP contribution >= 0.6 is 0 Å². The minimum atomic E-state index is -0.151. The fourth-order valence-electron chi connectivity index (χ4n) is 1.60. The number of hydrogen-bond donors (Lipinski definition) is 0. The molecule has 0 aromatic rings. The van der Waals surface area contributed by atoms with Gasteiger partial charge in [0.15, 0.2) is 0 Å². The normalized spacial score (nSPS) is 20.1. The van der Waals surface area contributed by atoms with Crippen molar-refractivity contribution in [2.24, 2.45) is 0 Å². The van der Waals surface area contributed by atoms with Crippen LogP contribution in [-0.2, 0) is 9.53 Å². The number of esters is 1. The summed E-state index contributed by atoms with van der Waals surface area (Å²) in [6, 6.07) is 0. The van der Waals surface area contributed by atoms with Crippen molar-refractivity contribution in [2.75, 3.05) is 0 Å². The van der Waals surface area contributed by atoms with Crippen LogP contribution in [0.4, 0.5) is 0 Å². The summed E-state index contributed by atoms with van der Waals surface area (Å²) in [5, 5.41) is 0. The number of carbonyl (C=O) groups excluding carboxylic acids is 1. The van der Waals surface area contributed by atoms with E-state index in [4.69, 9.17) is 4.74 Å². The molecule has 2 nitrogen and oxygen atoms in total. The summed E-state index contributed by atoms with van der Waals surface area (Å²) in [5.74, 6) is -0.151. The van der Waals surface area contributed by atoms with Gasteiger partial charge in [-0.05, 0) is 32.6 Å². The lowest BCUT2D eigenvalue weighted by Gasteiger charge is -2.14. The molecule has 1 radical (unpaired) electrons. The maximum Gasteiger partial charge on any atom is 0.306 e. The molecule has 1 aliphatic carbocycles. The molecule has 1 rings (SSSR count). The Morgan fingerprint density at radius 1 is 1.25 bits per heavy atom. The van der Waals surface area contributed by atoms with Gasteiger partial charge in [0.25, 0.3) is 0 Å². The Morgan fingerprint density at radius 2 is 1.83 bits per heavy atom. The van der Waals surface area contributed by atoms with Crippen LogP contribution in [-0.4, -0.2) is 12.1 Å². The highest BCUT2D eigenvalue weighted by Crippen LogP contribution is 2.19. The summed E-state index contributed by atoms with van der Waals surface area (Å²) in [5.41, 5.74) is 0. The van der Waals surface area contributed by atoms with Crippen molar-refractivity contribution in [1.29, 1.82) is 0 Å². The Kier molecular flexibility index (Phi) is 4.12. The van der Waals surface area contributed by atoms with Gasteiger partial charge < -0.3 is 4.74 Å². The third-order valence-corrected chi connectivity index (χ3v) is 2.30. The van der Waals surface area contributed by atoms with Crippen LogP contribution in [0.5, 0.6) is 0 Å². The van der Waals surface area contributed by atoms with Gasteiger partial charge in [0.1, 0.15) is 6.10 Å². The van der Waals surface area contributed by atoms with E-state index in [9.17, 15) is 4.79 Å². The molecule has 0 aliphatic heterocycles. The largest absolute Gasteiger partial charge is 0.462 e. The average molecular weight is 169 g/mol. The smallest absolute Gasteiger partial charge is 0.306 e. The van der Waals surface area contributed by atoms with E-state index in [-0.39, 0.29) is 18.5 Å². The summed E-state index contributed by atoms with van der Waals surface area (Å²) >= 11 is 0. The Hall–Kier alpha value is -0.530. The quantitative estimate of drug-likeness (QED) is 0.469. The first-order valence-electron chi connectivity index (χ1n) is 4.81. The molecule has 0 aromatic carbocycles. The first kappa shape index (κ1) is 9.56. The van der Waals surface area contributed by atoms with E-state index in [1.54, 1.807) is 0 Å². The average Bonchev–Trinajstić information content (AvgIpc) is 2.33. The molecule has 0 amide bonds. The fourth-order valence-corrected chi connectivity index (χ4v) is 1.60. The maximum absolute atomic E-state index is 10.9. The molecule has 0 bridgehead atoms. The highest BCUT2D eigenvalue weighted by molar-refractivity contribution is 5.70. The van der Waals surface area contributed by atoms with Gasteiger partial charge in [0.2, 0.25) is 0 Å². The first-order valence-corrected chi connectivity index (χ1v) is 4.81. The molecule has 0 N–H and O–H groups in total. The van der Waals surface area contributed by atoms with Crippen LogP contribution in [0.25, 0.3) is 0 Å². The summed E-state index contributed by atoms with van der Waals surface area (Å²) in [4.78, 5) is 10.9. The predicted octanol–water partition coefficient (Wildman–Crippen LogP) is 2.48. The van der Waals surface area contributed by atoms with Crippen LogP contribution in [0.3, 0.4) is 0 Å². The Balaban J connectivity index is 2.24. The molecule has 0 aromatic heterocycles. The molecular weight excluding hydrogens is 152 g/mol. The lowest BCUT2D eigenvalue weighted by Crippen LogP contribution is -2.16. The third-order valence-electron chi connectivity index (χ3n) is 2.30. The molecule has 0 spiro atoms. The van der Waals surface area contributed by atoms with Gasteiger partial charge in [0, 0.05) is 6.42 Å². The number of hydrogen-bond acceptors (Lipinski definition) is 2. The summed E-state index contributed by atoms with van der Waals surface area (Å²) in [7, 11) is 0. The topological polar surface area (TPSA) is 26.3 Å². The molecule has 0 saturated heterocycles. The van der Waals surface area contributed by atoms with Gasteiger partial charge in [-0.1, -0.05) is 12.8 Å². The lowest BCUT2D eigenvalue weighted by molar-refractivity contribution is -0.148.